The molecule has 4 nitrogen and oxygen atoms in total. The van der Waals surface area contributed by atoms with Crippen LogP contribution in [0, 0.1) is 5.92 Å². The van der Waals surface area contributed by atoms with Gasteiger partial charge in [0.2, 0.25) is 5.91 Å². The fourth-order valence-electron chi connectivity index (χ4n) is 2.17. The van der Waals surface area contributed by atoms with Gasteiger partial charge in [-0.3, -0.25) is 4.79 Å². The van der Waals surface area contributed by atoms with E-state index in [9.17, 15) is 4.79 Å². The Balaban J connectivity index is 2.27. The summed E-state index contributed by atoms with van der Waals surface area (Å²) in [6.07, 6.45) is 3.49. The van der Waals surface area contributed by atoms with Crippen molar-refractivity contribution < 1.29 is 10.5 Å². The Labute approximate surface area is 102 Å². The summed E-state index contributed by atoms with van der Waals surface area (Å²) in [6, 6.07) is 2.17. The van der Waals surface area contributed by atoms with Gasteiger partial charge >= 0.3 is 0 Å². The molecule has 0 aliphatic carbocycles. The number of pyridine rings is 1. The summed E-state index contributed by atoms with van der Waals surface area (Å²) in [5.41, 5.74) is 6.21. The Morgan fingerprint density at radius 2 is 2.35 bits per heavy atom. The summed E-state index contributed by atoms with van der Waals surface area (Å²) in [5.74, 6) is 1.35. The van der Waals surface area contributed by atoms with E-state index in [0.717, 1.165) is 30.8 Å². The molecular formula is C13H20N3O+. The Morgan fingerprint density at radius 3 is 3.00 bits per heavy atom. The van der Waals surface area contributed by atoms with E-state index in [1.807, 2.05) is 6.20 Å². The number of carbonyl (C=O) groups excluding carboxylic acids is 1. The first-order valence-electron chi connectivity index (χ1n) is 6.20. The van der Waals surface area contributed by atoms with E-state index >= 15 is 0 Å². The van der Waals surface area contributed by atoms with Crippen LogP contribution < -0.4 is 11.1 Å². The fourth-order valence-corrected chi connectivity index (χ4v) is 2.17. The topological polar surface area (TPSA) is 69.6 Å². The van der Waals surface area contributed by atoms with E-state index in [0.29, 0.717) is 5.92 Å². The number of anilines is 1. The average Bonchev–Trinajstić information content (AvgIpc) is 2.29. The molecule has 0 aromatic carbocycles. The number of nitrogens with one attached hydrogen (secondary N) is 1. The van der Waals surface area contributed by atoms with Gasteiger partial charge in [0.25, 0.3) is 0 Å². The molecule has 1 aromatic heterocycles. The van der Waals surface area contributed by atoms with Crippen LogP contribution in [0.3, 0.4) is 0 Å². The molecule has 1 unspecified atom stereocenters. The van der Waals surface area contributed by atoms with Gasteiger partial charge in [-0.2, -0.15) is 0 Å². The predicted octanol–water partition coefficient (Wildman–Crippen LogP) is 0.948. The Kier molecular flexibility index (Phi) is 3.43. The van der Waals surface area contributed by atoms with Gasteiger partial charge in [-0.25, -0.2) is 4.98 Å². The van der Waals surface area contributed by atoms with Crippen molar-refractivity contribution in [1.82, 2.24) is 4.98 Å². The van der Waals surface area contributed by atoms with E-state index in [2.05, 4.69) is 35.9 Å². The monoisotopic (exact) mass is 234 g/mol. The van der Waals surface area contributed by atoms with Gasteiger partial charge in [-0.15, -0.1) is 0 Å². The highest BCUT2D eigenvalue weighted by Gasteiger charge is 2.27. The molecule has 0 spiro atoms. The van der Waals surface area contributed by atoms with E-state index in [-0.39, 0.29) is 11.8 Å². The minimum Gasteiger partial charge on any atom is -0.358 e. The summed E-state index contributed by atoms with van der Waals surface area (Å²) in [6.45, 7) is 5.10. The van der Waals surface area contributed by atoms with Gasteiger partial charge in [-0.1, -0.05) is 19.9 Å². The molecule has 1 aliphatic rings. The smallest absolute Gasteiger partial charge is 0.229 e. The Morgan fingerprint density at radius 1 is 1.59 bits per heavy atom. The van der Waals surface area contributed by atoms with Crippen molar-refractivity contribution in [2.45, 2.75) is 32.6 Å². The lowest BCUT2D eigenvalue weighted by molar-refractivity contribution is -0.369. The maximum Gasteiger partial charge on any atom is 0.229 e. The molecule has 0 saturated carbocycles. The number of hydrogen-bond acceptors (Lipinski definition) is 2. The second-order valence-electron chi connectivity index (χ2n) is 4.96. The van der Waals surface area contributed by atoms with E-state index in [1.165, 1.54) is 5.56 Å². The molecule has 0 radical (unpaired) electrons. The van der Waals surface area contributed by atoms with E-state index in [1.54, 1.807) is 0 Å². The van der Waals surface area contributed by atoms with Crippen molar-refractivity contribution in [1.29, 1.82) is 0 Å². The van der Waals surface area contributed by atoms with Crippen molar-refractivity contribution in [2.75, 3.05) is 11.9 Å². The normalized spacial score (nSPS) is 19.1. The first-order valence-corrected chi connectivity index (χ1v) is 6.20. The molecule has 1 atom stereocenters. The SMILES string of the molecule is CC(C)c1cnc2c(c1)CC(CC[NH3+])C(=O)N2. The maximum atomic E-state index is 11.8. The molecule has 92 valence electrons. The van der Waals surface area contributed by atoms with Gasteiger partial charge in [0.1, 0.15) is 5.82 Å². The number of fused-ring (bicyclic) bond motifs is 1. The number of carbonyl (C=O) groups is 1. The van der Waals surface area contributed by atoms with Crippen LogP contribution in [-0.4, -0.2) is 17.4 Å². The third-order valence-corrected chi connectivity index (χ3v) is 3.29. The third kappa shape index (κ3) is 2.47. The maximum absolute atomic E-state index is 11.8. The highest BCUT2D eigenvalue weighted by molar-refractivity contribution is 5.94. The average molecular weight is 234 g/mol. The van der Waals surface area contributed by atoms with Crippen LogP contribution in [0.4, 0.5) is 5.82 Å². The molecule has 1 aromatic rings. The van der Waals surface area contributed by atoms with Crippen molar-refractivity contribution in [3.05, 3.63) is 23.4 Å². The van der Waals surface area contributed by atoms with Gasteiger partial charge in [0, 0.05) is 18.5 Å². The minimum absolute atomic E-state index is 0.0595. The molecule has 1 amide bonds. The highest BCUT2D eigenvalue weighted by Crippen LogP contribution is 2.27. The van der Waals surface area contributed by atoms with Crippen LogP contribution in [0.1, 0.15) is 37.3 Å². The van der Waals surface area contributed by atoms with Crippen molar-refractivity contribution >= 4 is 11.7 Å². The zero-order valence-electron chi connectivity index (χ0n) is 10.5. The lowest BCUT2D eigenvalue weighted by atomic mass is 9.91. The third-order valence-electron chi connectivity index (χ3n) is 3.29. The van der Waals surface area contributed by atoms with Gasteiger partial charge in [0.05, 0.1) is 6.54 Å². The number of hydrogen-bond donors (Lipinski definition) is 2. The molecule has 4 N–H and O–H groups in total. The summed E-state index contributed by atoms with van der Waals surface area (Å²) >= 11 is 0. The lowest BCUT2D eigenvalue weighted by Gasteiger charge is -2.23. The molecular weight excluding hydrogens is 214 g/mol. The van der Waals surface area contributed by atoms with Crippen molar-refractivity contribution in [3.63, 3.8) is 0 Å². The largest absolute Gasteiger partial charge is 0.358 e. The van der Waals surface area contributed by atoms with Crippen molar-refractivity contribution in [3.8, 4) is 0 Å². The van der Waals surface area contributed by atoms with Crippen LogP contribution in [0.25, 0.3) is 0 Å². The Hall–Kier alpha value is -1.42. The molecule has 2 rings (SSSR count). The number of nitrogens with zero attached hydrogens (tertiary/aromatic N) is 1. The predicted molar refractivity (Wildman–Crippen MR) is 66.5 cm³/mol. The fraction of sp³-hybridized carbons (Fsp3) is 0.538. The van der Waals surface area contributed by atoms with Crippen LogP contribution >= 0.6 is 0 Å². The molecule has 1 aliphatic heterocycles. The van der Waals surface area contributed by atoms with Crippen LogP contribution in [0.5, 0.6) is 0 Å². The van der Waals surface area contributed by atoms with Gasteiger partial charge < -0.3 is 11.1 Å². The number of quaternary nitrogens is 1. The summed E-state index contributed by atoms with van der Waals surface area (Å²) in [4.78, 5) is 16.1. The van der Waals surface area contributed by atoms with Crippen molar-refractivity contribution in [2.24, 2.45) is 5.92 Å². The minimum atomic E-state index is 0.0595. The van der Waals surface area contributed by atoms with E-state index < -0.39 is 0 Å². The number of rotatable bonds is 3. The van der Waals surface area contributed by atoms with Crippen LogP contribution in [-0.2, 0) is 11.2 Å². The standard InChI is InChI=1S/C13H19N3O/c1-8(2)11-6-10-5-9(3-4-14)13(17)16-12(10)15-7-11/h6-9H,3-5,14H2,1-2H3,(H,15,16,17)/p+1. The lowest BCUT2D eigenvalue weighted by Crippen LogP contribution is -2.52. The summed E-state index contributed by atoms with van der Waals surface area (Å²) < 4.78 is 0. The van der Waals surface area contributed by atoms with Crippen LogP contribution in [0.15, 0.2) is 12.3 Å². The molecule has 0 saturated heterocycles. The Bertz CT molecular complexity index is 429. The van der Waals surface area contributed by atoms with Gasteiger partial charge in [-0.05, 0) is 23.5 Å². The second-order valence-corrected chi connectivity index (χ2v) is 4.96. The molecule has 17 heavy (non-hydrogen) atoms. The zero-order chi connectivity index (χ0) is 12.4. The zero-order valence-corrected chi connectivity index (χ0v) is 10.5. The van der Waals surface area contributed by atoms with Crippen LogP contribution in [0.2, 0.25) is 0 Å². The quantitative estimate of drug-likeness (QED) is 0.817. The molecule has 2 heterocycles. The van der Waals surface area contributed by atoms with Gasteiger partial charge in [0.15, 0.2) is 0 Å². The molecule has 4 heteroatoms. The van der Waals surface area contributed by atoms with E-state index in [4.69, 9.17) is 0 Å². The first kappa shape index (κ1) is 12.0. The highest BCUT2D eigenvalue weighted by atomic mass is 16.2. The second kappa shape index (κ2) is 4.84. The summed E-state index contributed by atoms with van der Waals surface area (Å²) in [7, 11) is 0. The number of aromatic nitrogens is 1. The molecule has 0 bridgehead atoms. The molecule has 0 fully saturated rings. The summed E-state index contributed by atoms with van der Waals surface area (Å²) in [5, 5.41) is 2.88. The number of amides is 1. The first-order chi connectivity index (χ1) is 8.11.